The fraction of sp³-hybridized carbons (Fsp3) is 0.133. The number of allylic oxidation sites excluding steroid dienone is 3. The van der Waals surface area contributed by atoms with Crippen LogP contribution in [0.2, 0.25) is 0 Å². The predicted octanol–water partition coefficient (Wildman–Crippen LogP) is 3.09. The Hall–Kier alpha value is -1.56. The molecule has 0 saturated heterocycles. The zero-order chi connectivity index (χ0) is 14.4. The minimum atomic E-state index is 0. The monoisotopic (exact) mass is 296 g/mol. The van der Waals surface area contributed by atoms with Crippen LogP contribution in [0.25, 0.3) is 5.57 Å². The van der Waals surface area contributed by atoms with Crippen molar-refractivity contribution in [1.29, 1.82) is 0 Å². The third-order valence-electron chi connectivity index (χ3n) is 2.33. The molecule has 1 aliphatic carbocycles. The maximum atomic E-state index is 7.50. The number of hydrogen-bond donors (Lipinski definition) is 0. The van der Waals surface area contributed by atoms with E-state index in [1.165, 1.54) is 23.1 Å². The molecular weight excluding hydrogens is 284 g/mol. The van der Waals surface area contributed by atoms with Gasteiger partial charge in [0.1, 0.15) is 0 Å². The van der Waals surface area contributed by atoms with Crippen molar-refractivity contribution in [3.05, 3.63) is 74.1 Å². The summed E-state index contributed by atoms with van der Waals surface area (Å²) >= 11 is 0. The molecule has 0 N–H and O–H groups in total. The van der Waals surface area contributed by atoms with Crippen molar-refractivity contribution in [2.24, 2.45) is 0 Å². The van der Waals surface area contributed by atoms with E-state index in [1.54, 1.807) is 0 Å². The van der Waals surface area contributed by atoms with Crippen molar-refractivity contribution in [1.82, 2.24) is 0 Å². The first-order valence-corrected chi connectivity index (χ1v) is 4.94. The fourth-order valence-corrected chi connectivity index (χ4v) is 1.71. The number of benzene rings is 1. The van der Waals surface area contributed by atoms with E-state index in [-0.39, 0.29) is 17.1 Å². The van der Waals surface area contributed by atoms with Crippen molar-refractivity contribution >= 4 is 5.57 Å². The number of hydrogen-bond acceptors (Lipinski definition) is 0. The summed E-state index contributed by atoms with van der Waals surface area (Å²) in [5.41, 5.74) is 4.10. The zero-order valence-corrected chi connectivity index (χ0v) is 11.3. The molecule has 2 rings (SSSR count). The van der Waals surface area contributed by atoms with Gasteiger partial charge in [-0.05, 0) is 29.5 Å². The second-order valence-corrected chi connectivity index (χ2v) is 3.06. The van der Waals surface area contributed by atoms with Crippen LogP contribution in [0.4, 0.5) is 0 Å². The Morgan fingerprint density at radius 3 is 2.05 bits per heavy atom. The van der Waals surface area contributed by atoms with Gasteiger partial charge in [0, 0.05) is 17.1 Å². The Balaban J connectivity index is -0.000000325. The van der Waals surface area contributed by atoms with E-state index >= 15 is 0 Å². The van der Waals surface area contributed by atoms with Crippen LogP contribution in [0.3, 0.4) is 0 Å². The maximum Gasteiger partial charge on any atom is 0 e. The molecule has 1 aromatic rings. The number of fused-ring (bicyclic) bond motifs is 1. The summed E-state index contributed by atoms with van der Waals surface area (Å²) in [6.45, 7) is 17.3. The van der Waals surface area contributed by atoms with Gasteiger partial charge in [0.05, 0.1) is 0 Å². The molecule has 1 aliphatic rings. The minimum absolute atomic E-state index is 0. The summed E-state index contributed by atoms with van der Waals surface area (Å²) in [5, 5.41) is 0. The summed E-state index contributed by atoms with van der Waals surface area (Å²) in [4.78, 5) is 0. The Kier molecular flexibility index (Phi) is 19.6. The SMILES string of the molecule is C=CC1=CCCc2ccccc21.[C-]#[O+].[C-]#[O+].[C-]#[O+].[Fe]. The van der Waals surface area contributed by atoms with Gasteiger partial charge >= 0.3 is 33.9 Å². The first kappa shape index (κ1) is 22.6. The second-order valence-electron chi connectivity index (χ2n) is 3.06. The topological polar surface area (TPSA) is 59.7 Å². The fourth-order valence-electron chi connectivity index (χ4n) is 1.71. The third-order valence-corrected chi connectivity index (χ3v) is 2.33. The van der Waals surface area contributed by atoms with Crippen LogP contribution < -0.4 is 0 Å². The van der Waals surface area contributed by atoms with Crippen LogP contribution in [0.1, 0.15) is 17.5 Å². The second kappa shape index (κ2) is 16.4. The standard InChI is InChI=1S/C12H12.3CO.Fe/c1-2-10-7-5-8-11-6-3-4-9-12(10)11;3*1-2;/h2-4,6-7,9H,1,5,8H2;;;;. The van der Waals surface area contributed by atoms with Crippen molar-refractivity contribution in [2.45, 2.75) is 12.8 Å². The molecular formula is C15H12FeO3. The van der Waals surface area contributed by atoms with Crippen LogP contribution >= 0.6 is 0 Å². The molecule has 19 heavy (non-hydrogen) atoms. The molecule has 0 aliphatic heterocycles. The summed E-state index contributed by atoms with van der Waals surface area (Å²) in [7, 11) is 0. The van der Waals surface area contributed by atoms with Gasteiger partial charge < -0.3 is 0 Å². The van der Waals surface area contributed by atoms with Gasteiger partial charge in [0.15, 0.2) is 0 Å². The van der Waals surface area contributed by atoms with Crippen molar-refractivity contribution in [3.8, 4) is 0 Å². The van der Waals surface area contributed by atoms with Crippen molar-refractivity contribution in [3.63, 3.8) is 0 Å². The molecule has 0 amide bonds. The quantitative estimate of drug-likeness (QED) is 0.434. The first-order valence-electron chi connectivity index (χ1n) is 4.94. The van der Waals surface area contributed by atoms with Crippen LogP contribution in [-0.4, -0.2) is 0 Å². The molecule has 0 spiro atoms. The van der Waals surface area contributed by atoms with E-state index in [0.717, 1.165) is 6.42 Å². The van der Waals surface area contributed by atoms with Gasteiger partial charge in [-0.3, -0.25) is 0 Å². The van der Waals surface area contributed by atoms with Gasteiger partial charge in [-0.1, -0.05) is 43.0 Å². The largest absolute Gasteiger partial charge is 0 e. The molecule has 0 unspecified atom stereocenters. The summed E-state index contributed by atoms with van der Waals surface area (Å²) in [5.74, 6) is 0. The van der Waals surface area contributed by atoms with E-state index in [4.69, 9.17) is 14.0 Å². The molecule has 0 heterocycles. The molecule has 0 radical (unpaired) electrons. The van der Waals surface area contributed by atoms with Gasteiger partial charge in [-0.25, -0.2) is 0 Å². The van der Waals surface area contributed by atoms with Crippen LogP contribution in [-0.2, 0) is 37.4 Å². The molecule has 0 saturated carbocycles. The van der Waals surface area contributed by atoms with Gasteiger partial charge in [0.2, 0.25) is 0 Å². The van der Waals surface area contributed by atoms with E-state index in [1.807, 2.05) is 6.08 Å². The Bertz CT molecular complexity index is 442. The first-order chi connectivity index (χ1) is 8.92. The molecule has 0 atom stereocenters. The molecule has 0 fully saturated rings. The normalized spacial score (nSPS) is 9.68. The van der Waals surface area contributed by atoms with Crippen molar-refractivity contribution < 1.29 is 31.0 Å². The Morgan fingerprint density at radius 2 is 1.53 bits per heavy atom. The molecule has 4 heteroatoms. The maximum absolute atomic E-state index is 7.50. The molecule has 0 bridgehead atoms. The molecule has 3 nitrogen and oxygen atoms in total. The summed E-state index contributed by atoms with van der Waals surface area (Å²) in [6.07, 6.45) is 6.53. The predicted molar refractivity (Wildman–Crippen MR) is 64.7 cm³/mol. The molecule has 0 aromatic heterocycles. The average Bonchev–Trinajstić information content (AvgIpc) is 2.52. The molecule has 1 aromatic carbocycles. The summed E-state index contributed by atoms with van der Waals surface area (Å²) < 4.78 is 22.5. The van der Waals surface area contributed by atoms with E-state index in [2.05, 4.69) is 56.9 Å². The van der Waals surface area contributed by atoms with Gasteiger partial charge in [-0.2, -0.15) is 0 Å². The van der Waals surface area contributed by atoms with Crippen LogP contribution in [0.15, 0.2) is 43.0 Å². The Morgan fingerprint density at radius 1 is 1.00 bits per heavy atom. The zero-order valence-electron chi connectivity index (χ0n) is 10.2. The van der Waals surface area contributed by atoms with Gasteiger partial charge in [0.25, 0.3) is 0 Å². The number of rotatable bonds is 1. The van der Waals surface area contributed by atoms with Crippen LogP contribution in [0.5, 0.6) is 0 Å². The van der Waals surface area contributed by atoms with Gasteiger partial charge in [-0.15, -0.1) is 0 Å². The average molecular weight is 296 g/mol. The number of aryl methyl sites for hydroxylation is 1. The summed E-state index contributed by atoms with van der Waals surface area (Å²) in [6, 6.07) is 8.56. The van der Waals surface area contributed by atoms with E-state index in [9.17, 15) is 0 Å². The smallest absolute Gasteiger partial charge is 0 e. The Labute approximate surface area is 124 Å². The molecule has 98 valence electrons. The van der Waals surface area contributed by atoms with Crippen LogP contribution in [0, 0.1) is 20.0 Å². The van der Waals surface area contributed by atoms with Crippen molar-refractivity contribution in [2.75, 3.05) is 0 Å². The minimum Gasteiger partial charge on any atom is 0 e. The van der Waals surface area contributed by atoms with E-state index in [0.29, 0.717) is 0 Å². The third kappa shape index (κ3) is 7.46. The van der Waals surface area contributed by atoms with E-state index < -0.39 is 0 Å².